The third kappa shape index (κ3) is 1.81. The second-order valence-electron chi connectivity index (χ2n) is 3.98. The molecular formula is C13H10BrNOS. The van der Waals surface area contributed by atoms with Crippen LogP contribution < -0.4 is 5.32 Å². The minimum absolute atomic E-state index is 0.0545. The Labute approximate surface area is 112 Å². The van der Waals surface area contributed by atoms with Crippen LogP contribution in [0, 0.1) is 0 Å². The second-order valence-corrected chi connectivity index (χ2v) is 5.75. The van der Waals surface area contributed by atoms with E-state index in [1.165, 1.54) is 11.3 Å². The first kappa shape index (κ1) is 11.0. The van der Waals surface area contributed by atoms with Crippen LogP contribution in [0.3, 0.4) is 0 Å². The van der Waals surface area contributed by atoms with Gasteiger partial charge in [-0.25, -0.2) is 0 Å². The summed E-state index contributed by atoms with van der Waals surface area (Å²) >= 11 is 4.92. The average Bonchev–Trinajstić information content (AvgIpc) is 2.94. The van der Waals surface area contributed by atoms with Gasteiger partial charge in [0.1, 0.15) is 0 Å². The van der Waals surface area contributed by atoms with Gasteiger partial charge in [-0.05, 0) is 39.0 Å². The summed E-state index contributed by atoms with van der Waals surface area (Å²) in [5.74, 6) is 0.144. The number of Topliss-reactive ketones (excluding diaryl/α,β-unsaturated/α-hetero) is 1. The molecule has 1 unspecified atom stereocenters. The molecule has 4 heteroatoms. The number of hydrogen-bond donors (Lipinski definition) is 1. The van der Waals surface area contributed by atoms with Gasteiger partial charge >= 0.3 is 0 Å². The first-order chi connectivity index (χ1) is 8.27. The molecular weight excluding hydrogens is 298 g/mol. The maximum atomic E-state index is 12.4. The SMILES string of the molecule is O=C(c1sccc1Br)C1CNc2ccccc21. The quantitative estimate of drug-likeness (QED) is 0.853. The van der Waals surface area contributed by atoms with Gasteiger partial charge in [-0.3, -0.25) is 4.79 Å². The number of carbonyl (C=O) groups excluding carboxylic acids is 1. The van der Waals surface area contributed by atoms with Crippen LogP contribution in [0.25, 0.3) is 0 Å². The van der Waals surface area contributed by atoms with Crippen molar-refractivity contribution in [3.8, 4) is 0 Å². The van der Waals surface area contributed by atoms with Crippen LogP contribution in [-0.2, 0) is 0 Å². The number of ketones is 1. The van der Waals surface area contributed by atoms with Gasteiger partial charge in [0.05, 0.1) is 10.8 Å². The van der Waals surface area contributed by atoms with Crippen molar-refractivity contribution in [2.75, 3.05) is 11.9 Å². The van der Waals surface area contributed by atoms with E-state index in [1.54, 1.807) is 0 Å². The van der Waals surface area contributed by atoms with Gasteiger partial charge in [-0.15, -0.1) is 11.3 Å². The molecule has 0 spiro atoms. The summed E-state index contributed by atoms with van der Waals surface area (Å²) in [7, 11) is 0. The summed E-state index contributed by atoms with van der Waals surface area (Å²) in [5.41, 5.74) is 2.19. The van der Waals surface area contributed by atoms with Crippen molar-refractivity contribution >= 4 is 38.7 Å². The Morgan fingerprint density at radius 1 is 1.35 bits per heavy atom. The molecule has 0 fully saturated rings. The van der Waals surface area contributed by atoms with E-state index in [4.69, 9.17) is 0 Å². The first-order valence-electron chi connectivity index (χ1n) is 5.37. The third-order valence-electron chi connectivity index (χ3n) is 2.99. The number of carbonyl (C=O) groups is 1. The number of nitrogens with one attached hydrogen (secondary N) is 1. The van der Waals surface area contributed by atoms with Crippen LogP contribution in [0.5, 0.6) is 0 Å². The van der Waals surface area contributed by atoms with Crippen molar-refractivity contribution in [3.05, 3.63) is 50.6 Å². The summed E-state index contributed by atoms with van der Waals surface area (Å²) in [6.07, 6.45) is 0. The van der Waals surface area contributed by atoms with Crippen LogP contribution in [0.4, 0.5) is 5.69 Å². The summed E-state index contributed by atoms with van der Waals surface area (Å²) in [6, 6.07) is 9.94. The molecule has 0 aliphatic carbocycles. The highest BCUT2D eigenvalue weighted by Gasteiger charge is 2.30. The Morgan fingerprint density at radius 3 is 2.94 bits per heavy atom. The van der Waals surface area contributed by atoms with Crippen LogP contribution in [0.1, 0.15) is 21.2 Å². The lowest BCUT2D eigenvalue weighted by Crippen LogP contribution is -2.14. The highest BCUT2D eigenvalue weighted by molar-refractivity contribution is 9.10. The summed E-state index contributed by atoms with van der Waals surface area (Å²) in [6.45, 7) is 0.697. The normalized spacial score (nSPS) is 17.6. The van der Waals surface area contributed by atoms with E-state index in [2.05, 4.69) is 21.2 Å². The highest BCUT2D eigenvalue weighted by atomic mass is 79.9. The van der Waals surface area contributed by atoms with E-state index in [1.807, 2.05) is 35.7 Å². The number of para-hydroxylation sites is 1. The number of rotatable bonds is 2. The molecule has 1 aliphatic heterocycles. The van der Waals surface area contributed by atoms with Gasteiger partial charge in [0, 0.05) is 16.7 Å². The maximum Gasteiger partial charge on any atom is 0.183 e. The van der Waals surface area contributed by atoms with E-state index in [9.17, 15) is 4.79 Å². The fourth-order valence-corrected chi connectivity index (χ4v) is 3.71. The summed E-state index contributed by atoms with van der Waals surface area (Å²) in [4.78, 5) is 13.2. The predicted octanol–water partition coefficient (Wildman–Crippen LogP) is 3.90. The maximum absolute atomic E-state index is 12.4. The lowest BCUT2D eigenvalue weighted by Gasteiger charge is -2.07. The zero-order valence-electron chi connectivity index (χ0n) is 8.94. The fraction of sp³-hybridized carbons (Fsp3) is 0.154. The predicted molar refractivity (Wildman–Crippen MR) is 74.0 cm³/mol. The molecule has 3 rings (SSSR count). The average molecular weight is 308 g/mol. The first-order valence-corrected chi connectivity index (χ1v) is 7.04. The Hall–Kier alpha value is -1.13. The van der Waals surface area contributed by atoms with Crippen molar-refractivity contribution in [2.24, 2.45) is 0 Å². The van der Waals surface area contributed by atoms with E-state index in [0.29, 0.717) is 6.54 Å². The molecule has 0 saturated carbocycles. The van der Waals surface area contributed by atoms with E-state index >= 15 is 0 Å². The molecule has 1 aromatic carbocycles. The molecule has 0 bridgehead atoms. The Morgan fingerprint density at radius 2 is 2.18 bits per heavy atom. The van der Waals surface area contributed by atoms with E-state index < -0.39 is 0 Å². The highest BCUT2D eigenvalue weighted by Crippen LogP contribution is 2.36. The van der Waals surface area contributed by atoms with Gasteiger partial charge in [0.15, 0.2) is 5.78 Å². The minimum Gasteiger partial charge on any atom is -0.384 e. The van der Waals surface area contributed by atoms with Crippen LogP contribution in [-0.4, -0.2) is 12.3 Å². The number of thiophene rings is 1. The van der Waals surface area contributed by atoms with Crippen molar-refractivity contribution in [3.63, 3.8) is 0 Å². The molecule has 0 saturated heterocycles. The molecule has 2 heterocycles. The van der Waals surface area contributed by atoms with Crippen molar-refractivity contribution in [1.29, 1.82) is 0 Å². The standard InChI is InChI=1S/C13H10BrNOS/c14-10-5-6-17-13(10)12(16)9-7-15-11-4-2-1-3-8(9)11/h1-6,9,15H,7H2. The third-order valence-corrected chi connectivity index (χ3v) is 4.84. The molecule has 0 radical (unpaired) electrons. The van der Waals surface area contributed by atoms with Gasteiger partial charge in [-0.2, -0.15) is 0 Å². The summed E-state index contributed by atoms with van der Waals surface area (Å²) in [5, 5.41) is 5.22. The molecule has 1 N–H and O–H groups in total. The van der Waals surface area contributed by atoms with Gasteiger partial charge in [0.25, 0.3) is 0 Å². The smallest absolute Gasteiger partial charge is 0.183 e. The molecule has 1 atom stereocenters. The van der Waals surface area contributed by atoms with Crippen LogP contribution >= 0.6 is 27.3 Å². The number of fused-ring (bicyclic) bond motifs is 1. The van der Waals surface area contributed by atoms with Crippen LogP contribution in [0.2, 0.25) is 0 Å². The van der Waals surface area contributed by atoms with Gasteiger partial charge in [-0.1, -0.05) is 18.2 Å². The topological polar surface area (TPSA) is 29.1 Å². The molecule has 17 heavy (non-hydrogen) atoms. The number of anilines is 1. The largest absolute Gasteiger partial charge is 0.384 e. The van der Waals surface area contributed by atoms with E-state index in [-0.39, 0.29) is 11.7 Å². The Kier molecular flexibility index (Phi) is 2.76. The lowest BCUT2D eigenvalue weighted by molar-refractivity contribution is 0.0970. The Balaban J connectivity index is 1.98. The summed E-state index contributed by atoms with van der Waals surface area (Å²) < 4.78 is 0.900. The second kappa shape index (κ2) is 4.27. The number of halogens is 1. The van der Waals surface area contributed by atoms with Crippen LogP contribution in [0.15, 0.2) is 40.2 Å². The van der Waals surface area contributed by atoms with E-state index in [0.717, 1.165) is 20.6 Å². The molecule has 2 aromatic rings. The molecule has 1 aliphatic rings. The zero-order valence-corrected chi connectivity index (χ0v) is 11.3. The van der Waals surface area contributed by atoms with Crippen molar-refractivity contribution in [2.45, 2.75) is 5.92 Å². The molecule has 0 amide bonds. The molecule has 1 aromatic heterocycles. The number of benzene rings is 1. The van der Waals surface area contributed by atoms with Gasteiger partial charge < -0.3 is 5.32 Å². The van der Waals surface area contributed by atoms with Crippen molar-refractivity contribution in [1.82, 2.24) is 0 Å². The zero-order chi connectivity index (χ0) is 11.8. The number of hydrogen-bond acceptors (Lipinski definition) is 3. The lowest BCUT2D eigenvalue weighted by atomic mass is 9.96. The minimum atomic E-state index is -0.0545. The van der Waals surface area contributed by atoms with Gasteiger partial charge in [0.2, 0.25) is 0 Å². The Bertz CT molecular complexity index is 578. The fourth-order valence-electron chi connectivity index (χ4n) is 2.15. The molecule has 86 valence electrons. The van der Waals surface area contributed by atoms with Crippen molar-refractivity contribution < 1.29 is 4.79 Å². The monoisotopic (exact) mass is 307 g/mol. The molecule has 2 nitrogen and oxygen atoms in total.